The molecule has 0 saturated carbocycles. The normalized spacial score (nSPS) is 15.3. The molecule has 144 valence electrons. The van der Waals surface area contributed by atoms with Gasteiger partial charge in [0.05, 0.1) is 13.2 Å². The number of benzene rings is 2. The molecular formula is C21H25BrN2O3. The van der Waals surface area contributed by atoms with Gasteiger partial charge in [-0.15, -0.1) is 0 Å². The number of amides is 1. The highest BCUT2D eigenvalue weighted by molar-refractivity contribution is 9.10. The van der Waals surface area contributed by atoms with Gasteiger partial charge in [-0.3, -0.25) is 9.69 Å². The smallest absolute Gasteiger partial charge is 0.258 e. The van der Waals surface area contributed by atoms with Gasteiger partial charge in [0, 0.05) is 11.0 Å². The second-order valence-corrected chi connectivity index (χ2v) is 7.50. The molecule has 1 fully saturated rings. The maximum Gasteiger partial charge on any atom is 0.258 e. The number of hydrogen-bond acceptors (Lipinski definition) is 4. The summed E-state index contributed by atoms with van der Waals surface area (Å²) in [6.07, 6.45) is 2.39. The summed E-state index contributed by atoms with van der Waals surface area (Å²) in [4.78, 5) is 14.7. The Hall–Kier alpha value is -2.05. The summed E-state index contributed by atoms with van der Waals surface area (Å²) in [6, 6.07) is 15.7. The van der Waals surface area contributed by atoms with E-state index in [0.717, 1.165) is 28.9 Å². The summed E-state index contributed by atoms with van der Waals surface area (Å²) in [5.41, 5.74) is 1.16. The molecule has 1 unspecified atom stereocenters. The molecule has 0 spiro atoms. The van der Waals surface area contributed by atoms with Crippen molar-refractivity contribution in [2.75, 3.05) is 33.4 Å². The molecule has 0 radical (unpaired) electrons. The Bertz CT molecular complexity index is 745. The van der Waals surface area contributed by atoms with E-state index >= 15 is 0 Å². The maximum absolute atomic E-state index is 12.3. The van der Waals surface area contributed by atoms with Crippen molar-refractivity contribution in [3.63, 3.8) is 0 Å². The molecule has 27 heavy (non-hydrogen) atoms. The molecule has 0 aliphatic carbocycles. The number of carbonyl (C=O) groups excluding carboxylic acids is 1. The van der Waals surface area contributed by atoms with Crippen LogP contribution in [-0.4, -0.2) is 44.2 Å². The van der Waals surface area contributed by atoms with Gasteiger partial charge < -0.3 is 14.8 Å². The van der Waals surface area contributed by atoms with Crippen LogP contribution in [0.3, 0.4) is 0 Å². The molecule has 1 saturated heterocycles. The van der Waals surface area contributed by atoms with Crippen LogP contribution in [0.2, 0.25) is 0 Å². The monoisotopic (exact) mass is 432 g/mol. The van der Waals surface area contributed by atoms with E-state index in [1.807, 2.05) is 42.5 Å². The van der Waals surface area contributed by atoms with Crippen LogP contribution in [0, 0.1) is 0 Å². The Morgan fingerprint density at radius 2 is 1.89 bits per heavy atom. The lowest BCUT2D eigenvalue weighted by Gasteiger charge is -2.28. The van der Waals surface area contributed by atoms with E-state index in [1.54, 1.807) is 7.11 Å². The van der Waals surface area contributed by atoms with E-state index in [-0.39, 0.29) is 18.6 Å². The number of hydrogen-bond donors (Lipinski definition) is 1. The predicted octanol–water partition coefficient (Wildman–Crippen LogP) is 3.79. The molecule has 1 aliphatic rings. The van der Waals surface area contributed by atoms with Crippen LogP contribution in [0.5, 0.6) is 11.5 Å². The van der Waals surface area contributed by atoms with Gasteiger partial charge in [0.25, 0.3) is 5.91 Å². The van der Waals surface area contributed by atoms with Crippen LogP contribution in [0.4, 0.5) is 0 Å². The van der Waals surface area contributed by atoms with Gasteiger partial charge in [-0.1, -0.05) is 28.1 Å². The SMILES string of the molecule is COc1cccc(C(CNC(=O)COc2ccc(Br)cc2)N2CCCC2)c1. The fourth-order valence-electron chi connectivity index (χ4n) is 3.30. The van der Waals surface area contributed by atoms with Gasteiger partial charge in [0.15, 0.2) is 6.61 Å². The molecule has 2 aromatic rings. The van der Waals surface area contributed by atoms with Crippen molar-refractivity contribution in [1.82, 2.24) is 10.2 Å². The van der Waals surface area contributed by atoms with E-state index in [4.69, 9.17) is 9.47 Å². The lowest BCUT2D eigenvalue weighted by molar-refractivity contribution is -0.123. The minimum Gasteiger partial charge on any atom is -0.497 e. The number of carbonyl (C=O) groups is 1. The second-order valence-electron chi connectivity index (χ2n) is 6.58. The summed E-state index contributed by atoms with van der Waals surface area (Å²) >= 11 is 3.38. The van der Waals surface area contributed by atoms with Crippen LogP contribution in [0.15, 0.2) is 53.0 Å². The Balaban J connectivity index is 1.58. The number of likely N-dealkylation sites (tertiary alicyclic amines) is 1. The molecule has 0 aromatic heterocycles. The summed E-state index contributed by atoms with van der Waals surface area (Å²) in [7, 11) is 1.67. The van der Waals surface area contributed by atoms with Crippen molar-refractivity contribution in [1.29, 1.82) is 0 Å². The largest absolute Gasteiger partial charge is 0.497 e. The number of rotatable bonds is 8. The fraction of sp³-hybridized carbons (Fsp3) is 0.381. The summed E-state index contributed by atoms with van der Waals surface area (Å²) in [5.74, 6) is 1.39. The van der Waals surface area contributed by atoms with E-state index in [9.17, 15) is 4.79 Å². The number of nitrogens with zero attached hydrogens (tertiary/aromatic N) is 1. The first kappa shape index (κ1) is 19.7. The molecule has 3 rings (SSSR count). The van der Waals surface area contributed by atoms with Crippen molar-refractivity contribution in [3.05, 3.63) is 58.6 Å². The van der Waals surface area contributed by atoms with Crippen molar-refractivity contribution in [3.8, 4) is 11.5 Å². The number of ether oxygens (including phenoxy) is 2. The molecule has 1 amide bonds. The van der Waals surface area contributed by atoms with Crippen LogP contribution in [0.1, 0.15) is 24.4 Å². The Kier molecular flexibility index (Phi) is 7.12. The first-order chi connectivity index (χ1) is 13.2. The van der Waals surface area contributed by atoms with Gasteiger partial charge in [0.1, 0.15) is 11.5 Å². The minimum atomic E-state index is -0.120. The average molecular weight is 433 g/mol. The molecule has 2 aromatic carbocycles. The molecule has 1 aliphatic heterocycles. The average Bonchev–Trinajstić information content (AvgIpc) is 3.22. The zero-order valence-electron chi connectivity index (χ0n) is 15.5. The van der Waals surface area contributed by atoms with E-state index in [1.165, 1.54) is 12.8 Å². The van der Waals surface area contributed by atoms with Crippen molar-refractivity contribution < 1.29 is 14.3 Å². The summed E-state index contributed by atoms with van der Waals surface area (Å²) in [6.45, 7) is 2.66. The lowest BCUT2D eigenvalue weighted by Crippen LogP contribution is -2.38. The first-order valence-electron chi connectivity index (χ1n) is 9.19. The van der Waals surface area contributed by atoms with Crippen LogP contribution in [-0.2, 0) is 4.79 Å². The fourth-order valence-corrected chi connectivity index (χ4v) is 3.57. The standard InChI is InChI=1S/C21H25BrN2O3/c1-26-19-6-4-5-16(13-19)20(24-11-2-3-12-24)14-23-21(25)15-27-18-9-7-17(22)8-10-18/h4-10,13,20H,2-3,11-12,14-15H2,1H3,(H,23,25). The number of methoxy groups -OCH3 is 1. The predicted molar refractivity (Wildman–Crippen MR) is 109 cm³/mol. The Labute approximate surface area is 168 Å². The zero-order valence-corrected chi connectivity index (χ0v) is 17.1. The highest BCUT2D eigenvalue weighted by atomic mass is 79.9. The van der Waals surface area contributed by atoms with Crippen LogP contribution >= 0.6 is 15.9 Å². The van der Waals surface area contributed by atoms with Gasteiger partial charge >= 0.3 is 0 Å². The van der Waals surface area contributed by atoms with Crippen molar-refractivity contribution >= 4 is 21.8 Å². The van der Waals surface area contributed by atoms with Crippen molar-refractivity contribution in [2.24, 2.45) is 0 Å². The lowest BCUT2D eigenvalue weighted by atomic mass is 10.0. The third-order valence-corrected chi connectivity index (χ3v) is 5.26. The molecule has 0 bridgehead atoms. The van der Waals surface area contributed by atoms with E-state index in [2.05, 4.69) is 32.2 Å². The van der Waals surface area contributed by atoms with Crippen molar-refractivity contribution in [2.45, 2.75) is 18.9 Å². The third-order valence-electron chi connectivity index (χ3n) is 4.74. The topological polar surface area (TPSA) is 50.8 Å². The van der Waals surface area contributed by atoms with Crippen LogP contribution < -0.4 is 14.8 Å². The first-order valence-corrected chi connectivity index (χ1v) is 9.98. The minimum absolute atomic E-state index is 0.00641. The third kappa shape index (κ3) is 5.71. The molecule has 1 atom stereocenters. The molecule has 5 nitrogen and oxygen atoms in total. The summed E-state index contributed by atoms with van der Waals surface area (Å²) < 4.78 is 11.9. The van der Waals surface area contributed by atoms with Gasteiger partial charge in [0.2, 0.25) is 0 Å². The molecule has 1 heterocycles. The quantitative estimate of drug-likeness (QED) is 0.689. The Morgan fingerprint density at radius 1 is 1.15 bits per heavy atom. The molecule has 6 heteroatoms. The van der Waals surface area contributed by atoms with Gasteiger partial charge in [-0.25, -0.2) is 0 Å². The van der Waals surface area contributed by atoms with Gasteiger partial charge in [-0.2, -0.15) is 0 Å². The van der Waals surface area contributed by atoms with E-state index in [0.29, 0.717) is 12.3 Å². The number of nitrogens with one attached hydrogen (secondary N) is 1. The molecule has 1 N–H and O–H groups in total. The highest BCUT2D eigenvalue weighted by Gasteiger charge is 2.24. The number of halogens is 1. The Morgan fingerprint density at radius 3 is 2.59 bits per heavy atom. The molecular weight excluding hydrogens is 408 g/mol. The maximum atomic E-state index is 12.3. The summed E-state index contributed by atoms with van der Waals surface area (Å²) in [5, 5.41) is 3.02. The zero-order chi connectivity index (χ0) is 19.1. The van der Waals surface area contributed by atoms with E-state index < -0.39 is 0 Å². The second kappa shape index (κ2) is 9.76. The highest BCUT2D eigenvalue weighted by Crippen LogP contribution is 2.27. The van der Waals surface area contributed by atoms with Gasteiger partial charge in [-0.05, 0) is 67.9 Å². The van der Waals surface area contributed by atoms with Crippen LogP contribution in [0.25, 0.3) is 0 Å².